The molecule has 0 saturated carbocycles. The molecule has 1 amide bonds. The number of aromatic nitrogens is 1. The van der Waals surface area contributed by atoms with Gasteiger partial charge in [-0.25, -0.2) is 13.6 Å². The molecule has 2 N–H and O–H groups in total. The van der Waals surface area contributed by atoms with Crippen LogP contribution in [0.2, 0.25) is 0 Å². The van der Waals surface area contributed by atoms with E-state index in [1.165, 1.54) is 6.07 Å². The molecule has 8 heteroatoms. The van der Waals surface area contributed by atoms with Gasteiger partial charge in [-0.15, -0.1) is 11.3 Å². The first-order chi connectivity index (χ1) is 10.5. The Balaban J connectivity index is 1.94. The first-order valence-electron chi connectivity index (χ1n) is 6.80. The molecule has 0 aliphatic carbocycles. The van der Waals surface area contributed by atoms with Gasteiger partial charge in [0.25, 0.3) is 5.91 Å². The monoisotopic (exact) mass is 337 g/mol. The van der Waals surface area contributed by atoms with Crippen molar-refractivity contribution >= 4 is 27.3 Å². The Labute approximate surface area is 132 Å². The molecule has 22 heavy (non-hydrogen) atoms. The van der Waals surface area contributed by atoms with E-state index in [1.54, 1.807) is 16.5 Å². The van der Waals surface area contributed by atoms with E-state index >= 15 is 0 Å². The summed E-state index contributed by atoms with van der Waals surface area (Å²) in [6.45, 7) is 0.585. The topological polar surface area (TPSA) is 93.4 Å². The van der Waals surface area contributed by atoms with Gasteiger partial charge in [-0.1, -0.05) is 6.07 Å². The molecule has 0 spiro atoms. The zero-order chi connectivity index (χ0) is 15.7. The number of rotatable bonds is 3. The van der Waals surface area contributed by atoms with Crippen molar-refractivity contribution in [3.05, 3.63) is 46.4 Å². The summed E-state index contributed by atoms with van der Waals surface area (Å²) < 4.78 is 23.2. The lowest BCUT2D eigenvalue weighted by atomic mass is 10.1. The number of pyridine rings is 1. The predicted octanol–water partition coefficient (Wildman–Crippen LogP) is 1.77. The Morgan fingerprint density at radius 1 is 1.36 bits per heavy atom. The van der Waals surface area contributed by atoms with Gasteiger partial charge in [0, 0.05) is 12.7 Å². The Hall–Kier alpha value is -1.77. The Morgan fingerprint density at radius 3 is 2.86 bits per heavy atom. The van der Waals surface area contributed by atoms with Gasteiger partial charge in [0.05, 0.1) is 11.7 Å². The van der Waals surface area contributed by atoms with E-state index in [9.17, 15) is 13.2 Å². The van der Waals surface area contributed by atoms with E-state index in [1.807, 2.05) is 18.2 Å². The minimum absolute atomic E-state index is 0.103. The van der Waals surface area contributed by atoms with Crippen molar-refractivity contribution < 1.29 is 13.2 Å². The fraction of sp³-hybridized carbons (Fsp3) is 0.286. The maximum absolute atomic E-state index is 12.7. The van der Waals surface area contributed by atoms with Crippen LogP contribution in [0.1, 0.15) is 34.2 Å². The number of carbonyl (C=O) groups excluding carboxylic acids is 1. The Morgan fingerprint density at radius 2 is 2.18 bits per heavy atom. The van der Waals surface area contributed by atoms with Crippen LogP contribution >= 0.6 is 11.3 Å². The van der Waals surface area contributed by atoms with Crippen LogP contribution in [-0.2, 0) is 10.0 Å². The number of carbonyl (C=O) groups is 1. The van der Waals surface area contributed by atoms with Crippen LogP contribution in [-0.4, -0.2) is 30.8 Å². The average Bonchev–Trinajstić information content (AvgIpc) is 3.16. The lowest BCUT2D eigenvalue weighted by Gasteiger charge is -2.24. The third-order valence-corrected chi connectivity index (χ3v) is 5.66. The highest BCUT2D eigenvalue weighted by Crippen LogP contribution is 2.34. The standard InChI is InChI=1S/C14H15N3O3S2/c15-22(19,20)12-6-9-21-13(12)14(18)17-8-3-5-11(17)10-4-1-2-7-16-10/h1-2,4,6-7,9,11H,3,5,8H2,(H2,15,19,20)/t11-/m0/s1. The minimum Gasteiger partial charge on any atom is -0.329 e. The van der Waals surface area contributed by atoms with E-state index in [-0.39, 0.29) is 21.7 Å². The van der Waals surface area contributed by atoms with Crippen LogP contribution in [0.15, 0.2) is 40.7 Å². The second-order valence-corrected chi connectivity index (χ2v) is 7.52. The summed E-state index contributed by atoms with van der Waals surface area (Å²) in [5.74, 6) is -0.299. The summed E-state index contributed by atoms with van der Waals surface area (Å²) in [7, 11) is -3.90. The quantitative estimate of drug-likeness (QED) is 0.923. The summed E-state index contributed by atoms with van der Waals surface area (Å²) in [4.78, 5) is 18.8. The second-order valence-electron chi connectivity index (χ2n) is 5.07. The number of nitrogens with two attached hydrogens (primary N) is 1. The van der Waals surface area contributed by atoms with E-state index in [0.29, 0.717) is 6.54 Å². The molecule has 0 unspecified atom stereocenters. The normalized spacial score (nSPS) is 18.6. The maximum atomic E-state index is 12.7. The van der Waals surface area contributed by atoms with Gasteiger partial charge in [0.1, 0.15) is 9.77 Å². The highest BCUT2D eigenvalue weighted by Gasteiger charge is 2.34. The van der Waals surface area contributed by atoms with Gasteiger partial charge < -0.3 is 4.90 Å². The molecule has 116 valence electrons. The predicted molar refractivity (Wildman–Crippen MR) is 82.9 cm³/mol. The van der Waals surface area contributed by atoms with Crippen molar-refractivity contribution in [2.75, 3.05) is 6.54 Å². The highest BCUT2D eigenvalue weighted by atomic mass is 32.2. The third-order valence-electron chi connectivity index (χ3n) is 3.67. The number of sulfonamides is 1. The van der Waals surface area contributed by atoms with Crippen LogP contribution in [0.4, 0.5) is 0 Å². The van der Waals surface area contributed by atoms with Crippen molar-refractivity contribution in [2.24, 2.45) is 5.14 Å². The molecule has 2 aromatic heterocycles. The second kappa shape index (κ2) is 5.79. The van der Waals surface area contributed by atoms with Crippen molar-refractivity contribution in [3.63, 3.8) is 0 Å². The summed E-state index contributed by atoms with van der Waals surface area (Å²) in [5, 5.41) is 6.75. The van der Waals surface area contributed by atoms with Crippen LogP contribution in [0.5, 0.6) is 0 Å². The van der Waals surface area contributed by atoms with Crippen LogP contribution in [0, 0.1) is 0 Å². The number of thiophene rings is 1. The summed E-state index contributed by atoms with van der Waals surface area (Å²) in [5.41, 5.74) is 0.821. The number of likely N-dealkylation sites (tertiary alicyclic amines) is 1. The first-order valence-corrected chi connectivity index (χ1v) is 9.23. The molecular weight excluding hydrogens is 322 g/mol. The molecule has 3 heterocycles. The molecule has 0 aromatic carbocycles. The van der Waals surface area contributed by atoms with Crippen molar-refractivity contribution in [3.8, 4) is 0 Å². The number of nitrogens with zero attached hydrogens (tertiary/aromatic N) is 2. The van der Waals surface area contributed by atoms with Gasteiger partial charge >= 0.3 is 0 Å². The van der Waals surface area contributed by atoms with Gasteiger partial charge in [-0.05, 0) is 36.4 Å². The lowest BCUT2D eigenvalue weighted by molar-refractivity contribution is 0.0734. The SMILES string of the molecule is NS(=O)(=O)c1ccsc1C(=O)N1CCC[C@H]1c1ccccn1. The highest BCUT2D eigenvalue weighted by molar-refractivity contribution is 7.89. The van der Waals surface area contributed by atoms with Crippen LogP contribution < -0.4 is 5.14 Å². The number of amides is 1. The molecule has 2 aromatic rings. The fourth-order valence-corrected chi connectivity index (χ4v) is 4.62. The van der Waals surface area contributed by atoms with Crippen LogP contribution in [0.3, 0.4) is 0 Å². The van der Waals surface area contributed by atoms with Crippen molar-refractivity contribution in [2.45, 2.75) is 23.8 Å². The minimum atomic E-state index is -3.90. The summed E-state index contributed by atoms with van der Waals surface area (Å²) >= 11 is 1.10. The van der Waals surface area contributed by atoms with Crippen molar-refractivity contribution in [1.29, 1.82) is 0 Å². The smallest absolute Gasteiger partial charge is 0.265 e. The third kappa shape index (κ3) is 2.77. The van der Waals surface area contributed by atoms with Gasteiger partial charge in [-0.2, -0.15) is 0 Å². The van der Waals surface area contributed by atoms with E-state index < -0.39 is 10.0 Å². The molecule has 1 aliphatic rings. The largest absolute Gasteiger partial charge is 0.329 e. The van der Waals surface area contributed by atoms with Gasteiger partial charge in [0.2, 0.25) is 10.0 Å². The fourth-order valence-electron chi connectivity index (χ4n) is 2.70. The zero-order valence-corrected chi connectivity index (χ0v) is 13.3. The maximum Gasteiger partial charge on any atom is 0.265 e. The zero-order valence-electron chi connectivity index (χ0n) is 11.7. The van der Waals surface area contributed by atoms with E-state index in [2.05, 4.69) is 4.98 Å². The van der Waals surface area contributed by atoms with E-state index in [4.69, 9.17) is 5.14 Å². The molecule has 1 saturated heterocycles. The lowest BCUT2D eigenvalue weighted by Crippen LogP contribution is -2.31. The average molecular weight is 337 g/mol. The van der Waals surface area contributed by atoms with Crippen LogP contribution in [0.25, 0.3) is 0 Å². The number of hydrogen-bond acceptors (Lipinski definition) is 5. The summed E-state index contributed by atoms with van der Waals surface area (Å²) in [6.07, 6.45) is 3.37. The van der Waals surface area contributed by atoms with E-state index in [0.717, 1.165) is 29.9 Å². The molecular formula is C14H15N3O3S2. The molecule has 1 aliphatic heterocycles. The first kappa shape index (κ1) is 15.1. The molecule has 0 bridgehead atoms. The van der Waals surface area contributed by atoms with Gasteiger partial charge in [-0.3, -0.25) is 9.78 Å². The molecule has 6 nitrogen and oxygen atoms in total. The molecule has 3 rings (SSSR count). The molecule has 0 radical (unpaired) electrons. The van der Waals surface area contributed by atoms with Gasteiger partial charge in [0.15, 0.2) is 0 Å². The Kier molecular flexibility index (Phi) is 3.98. The Bertz CT molecular complexity index is 787. The van der Waals surface area contributed by atoms with Crippen molar-refractivity contribution in [1.82, 2.24) is 9.88 Å². The molecule has 1 fully saturated rings. The number of hydrogen-bond donors (Lipinski definition) is 1. The molecule has 1 atom stereocenters. The number of primary sulfonamides is 1. The summed E-state index contributed by atoms with van der Waals surface area (Å²) in [6, 6.07) is 6.83.